The van der Waals surface area contributed by atoms with Gasteiger partial charge in [0.2, 0.25) is 5.91 Å². The molecule has 0 unspecified atom stereocenters. The second kappa shape index (κ2) is 5.31. The third-order valence-electron chi connectivity index (χ3n) is 2.88. The van der Waals surface area contributed by atoms with Gasteiger partial charge in [0.25, 0.3) is 0 Å². The maximum atomic E-state index is 11.4. The van der Waals surface area contributed by atoms with Crippen LogP contribution in [-0.4, -0.2) is 28.3 Å². The van der Waals surface area contributed by atoms with Gasteiger partial charge in [0.15, 0.2) is 0 Å². The fourth-order valence-electron chi connectivity index (χ4n) is 1.78. The van der Waals surface area contributed by atoms with Crippen molar-refractivity contribution in [1.82, 2.24) is 20.4 Å². The number of aromatic nitrogens is 2. The topological polar surface area (TPSA) is 59.0 Å². The van der Waals surface area contributed by atoms with Crippen LogP contribution in [0.2, 0.25) is 0 Å². The number of nitrogens with one attached hydrogen (secondary N) is 2. The SMILES string of the molecule is Cc1cc(CNCCC(=O)NC2CC2)n(C)n1. The minimum absolute atomic E-state index is 0.154. The van der Waals surface area contributed by atoms with E-state index in [1.165, 1.54) is 0 Å². The lowest BCUT2D eigenvalue weighted by atomic mass is 10.3. The van der Waals surface area contributed by atoms with Crippen LogP contribution in [0.1, 0.15) is 30.7 Å². The molecule has 2 N–H and O–H groups in total. The summed E-state index contributed by atoms with van der Waals surface area (Å²) in [4.78, 5) is 11.4. The average molecular weight is 236 g/mol. The van der Waals surface area contributed by atoms with Crippen LogP contribution in [0.4, 0.5) is 0 Å². The lowest BCUT2D eigenvalue weighted by Gasteiger charge is -2.05. The molecule has 94 valence electrons. The van der Waals surface area contributed by atoms with Gasteiger partial charge >= 0.3 is 0 Å². The smallest absolute Gasteiger partial charge is 0.221 e. The summed E-state index contributed by atoms with van der Waals surface area (Å²) < 4.78 is 1.87. The standard InChI is InChI=1S/C12H20N4O/c1-9-7-11(16(2)15-9)8-13-6-5-12(17)14-10-3-4-10/h7,10,13H,3-6,8H2,1-2H3,(H,14,17). The number of carbonyl (C=O) groups is 1. The van der Waals surface area contributed by atoms with Crippen LogP contribution in [0.25, 0.3) is 0 Å². The quantitative estimate of drug-likeness (QED) is 0.707. The van der Waals surface area contributed by atoms with Gasteiger partial charge in [0.05, 0.1) is 11.4 Å². The molecule has 2 rings (SSSR count). The third-order valence-corrected chi connectivity index (χ3v) is 2.88. The normalized spacial score (nSPS) is 14.9. The summed E-state index contributed by atoms with van der Waals surface area (Å²) >= 11 is 0. The van der Waals surface area contributed by atoms with Crippen molar-refractivity contribution in [3.05, 3.63) is 17.5 Å². The molecule has 1 heterocycles. The van der Waals surface area contributed by atoms with Gasteiger partial charge in [-0.2, -0.15) is 5.10 Å². The summed E-state index contributed by atoms with van der Waals surface area (Å²) in [5.74, 6) is 0.154. The molecule has 1 amide bonds. The molecule has 5 heteroatoms. The number of hydrogen-bond donors (Lipinski definition) is 2. The molecule has 0 aromatic carbocycles. The van der Waals surface area contributed by atoms with Crippen molar-refractivity contribution in [2.24, 2.45) is 7.05 Å². The molecular weight excluding hydrogens is 216 g/mol. The van der Waals surface area contributed by atoms with Crippen LogP contribution < -0.4 is 10.6 Å². The first-order valence-corrected chi connectivity index (χ1v) is 6.15. The summed E-state index contributed by atoms with van der Waals surface area (Å²) in [6, 6.07) is 2.51. The Hall–Kier alpha value is -1.36. The van der Waals surface area contributed by atoms with Gasteiger partial charge in [0.1, 0.15) is 0 Å². The predicted octanol–water partition coefficient (Wildman–Crippen LogP) is 0.487. The van der Waals surface area contributed by atoms with Crippen LogP contribution in [-0.2, 0) is 18.4 Å². The Morgan fingerprint density at radius 2 is 2.35 bits per heavy atom. The molecule has 0 bridgehead atoms. The van der Waals surface area contributed by atoms with Crippen molar-refractivity contribution in [2.45, 2.75) is 38.8 Å². The fraction of sp³-hybridized carbons (Fsp3) is 0.667. The maximum absolute atomic E-state index is 11.4. The molecule has 0 spiro atoms. The van der Waals surface area contributed by atoms with Crippen LogP contribution >= 0.6 is 0 Å². The van der Waals surface area contributed by atoms with Crippen LogP contribution in [0.5, 0.6) is 0 Å². The summed E-state index contributed by atoms with van der Waals surface area (Å²) in [7, 11) is 1.93. The highest BCUT2D eigenvalue weighted by Gasteiger charge is 2.22. The number of carbonyl (C=O) groups excluding carboxylic acids is 1. The largest absolute Gasteiger partial charge is 0.353 e. The number of nitrogens with zero attached hydrogens (tertiary/aromatic N) is 2. The Morgan fingerprint density at radius 1 is 1.59 bits per heavy atom. The zero-order valence-corrected chi connectivity index (χ0v) is 10.5. The second-order valence-corrected chi connectivity index (χ2v) is 4.67. The van der Waals surface area contributed by atoms with E-state index < -0.39 is 0 Å². The van der Waals surface area contributed by atoms with Crippen LogP contribution in [0.3, 0.4) is 0 Å². The molecule has 5 nitrogen and oxygen atoms in total. The Kier molecular flexibility index (Phi) is 3.78. The van der Waals surface area contributed by atoms with Gasteiger partial charge in [-0.3, -0.25) is 9.48 Å². The molecule has 0 saturated heterocycles. The first-order chi connectivity index (χ1) is 8.15. The molecule has 0 aliphatic heterocycles. The molecule has 1 aromatic heterocycles. The Bertz CT molecular complexity index is 395. The minimum Gasteiger partial charge on any atom is -0.353 e. The first-order valence-electron chi connectivity index (χ1n) is 6.15. The molecule has 1 aliphatic rings. The zero-order chi connectivity index (χ0) is 12.3. The van der Waals surface area contributed by atoms with Crippen molar-refractivity contribution in [2.75, 3.05) is 6.54 Å². The highest BCUT2D eigenvalue weighted by molar-refractivity contribution is 5.76. The molecular formula is C12H20N4O. The van der Waals surface area contributed by atoms with Gasteiger partial charge in [-0.1, -0.05) is 0 Å². The number of amides is 1. The van der Waals surface area contributed by atoms with Crippen molar-refractivity contribution >= 4 is 5.91 Å². The molecule has 1 saturated carbocycles. The van der Waals surface area contributed by atoms with Gasteiger partial charge in [-0.05, 0) is 25.8 Å². The monoisotopic (exact) mass is 236 g/mol. The number of aryl methyl sites for hydroxylation is 2. The Balaban J connectivity index is 1.62. The van der Waals surface area contributed by atoms with E-state index in [4.69, 9.17) is 0 Å². The van der Waals surface area contributed by atoms with E-state index in [2.05, 4.69) is 21.8 Å². The second-order valence-electron chi connectivity index (χ2n) is 4.67. The van der Waals surface area contributed by atoms with Crippen LogP contribution in [0.15, 0.2) is 6.07 Å². The molecule has 1 fully saturated rings. The van der Waals surface area contributed by atoms with Crippen molar-refractivity contribution in [3.8, 4) is 0 Å². The maximum Gasteiger partial charge on any atom is 0.221 e. The molecule has 0 atom stereocenters. The van der Waals surface area contributed by atoms with E-state index in [9.17, 15) is 4.79 Å². The Labute approximate surface area is 102 Å². The minimum atomic E-state index is 0.154. The molecule has 1 aromatic rings. The molecule has 0 radical (unpaired) electrons. The highest BCUT2D eigenvalue weighted by Crippen LogP contribution is 2.18. The lowest BCUT2D eigenvalue weighted by molar-refractivity contribution is -0.121. The lowest BCUT2D eigenvalue weighted by Crippen LogP contribution is -2.29. The Morgan fingerprint density at radius 3 is 2.94 bits per heavy atom. The molecule has 1 aliphatic carbocycles. The first kappa shape index (κ1) is 12.1. The van der Waals surface area contributed by atoms with E-state index in [0.717, 1.165) is 30.8 Å². The average Bonchev–Trinajstić information content (AvgIpc) is 3.00. The zero-order valence-electron chi connectivity index (χ0n) is 10.5. The van der Waals surface area contributed by atoms with Crippen molar-refractivity contribution < 1.29 is 4.79 Å². The van der Waals surface area contributed by atoms with E-state index in [1.54, 1.807) is 0 Å². The van der Waals surface area contributed by atoms with E-state index in [-0.39, 0.29) is 5.91 Å². The van der Waals surface area contributed by atoms with E-state index in [0.29, 0.717) is 19.0 Å². The molecule has 17 heavy (non-hydrogen) atoms. The number of rotatable bonds is 6. The van der Waals surface area contributed by atoms with Gasteiger partial charge in [-0.15, -0.1) is 0 Å². The third kappa shape index (κ3) is 3.85. The van der Waals surface area contributed by atoms with Gasteiger partial charge in [-0.25, -0.2) is 0 Å². The summed E-state index contributed by atoms with van der Waals surface area (Å²) in [5, 5.41) is 10.5. The van der Waals surface area contributed by atoms with E-state index in [1.807, 2.05) is 18.7 Å². The predicted molar refractivity (Wildman–Crippen MR) is 65.4 cm³/mol. The summed E-state index contributed by atoms with van der Waals surface area (Å²) in [6.07, 6.45) is 2.84. The summed E-state index contributed by atoms with van der Waals surface area (Å²) in [6.45, 7) is 3.45. The summed E-state index contributed by atoms with van der Waals surface area (Å²) in [5.41, 5.74) is 2.17. The van der Waals surface area contributed by atoms with Crippen molar-refractivity contribution in [3.63, 3.8) is 0 Å². The van der Waals surface area contributed by atoms with Crippen LogP contribution in [0, 0.1) is 6.92 Å². The van der Waals surface area contributed by atoms with Gasteiger partial charge in [0, 0.05) is 32.6 Å². The number of hydrogen-bond acceptors (Lipinski definition) is 3. The van der Waals surface area contributed by atoms with E-state index >= 15 is 0 Å². The highest BCUT2D eigenvalue weighted by atomic mass is 16.1. The fourth-order valence-corrected chi connectivity index (χ4v) is 1.78. The van der Waals surface area contributed by atoms with Gasteiger partial charge < -0.3 is 10.6 Å². The van der Waals surface area contributed by atoms with Crippen molar-refractivity contribution in [1.29, 1.82) is 0 Å².